The average molecular weight is 306 g/mol. The van der Waals surface area contributed by atoms with Crippen LogP contribution in [0.2, 0.25) is 0 Å². The first-order valence-electron chi connectivity index (χ1n) is 7.45. The van der Waals surface area contributed by atoms with Crippen molar-refractivity contribution in [2.24, 2.45) is 11.8 Å². The molecule has 1 aliphatic heterocycles. The summed E-state index contributed by atoms with van der Waals surface area (Å²) in [5.74, 6) is -0.126. The Morgan fingerprint density at radius 2 is 2.00 bits per heavy atom. The predicted octanol–water partition coefficient (Wildman–Crippen LogP) is 0.512. The highest BCUT2D eigenvalue weighted by atomic mass is 16.5. The number of carbonyl (C=O) groups excluding carboxylic acids is 2. The second kappa shape index (κ2) is 7.26. The van der Waals surface area contributed by atoms with E-state index in [0.717, 1.165) is 5.75 Å². The summed E-state index contributed by atoms with van der Waals surface area (Å²) in [7, 11) is 1.56. The highest BCUT2D eigenvalue weighted by Gasteiger charge is 2.38. The van der Waals surface area contributed by atoms with Crippen molar-refractivity contribution >= 4 is 11.8 Å². The van der Waals surface area contributed by atoms with Crippen LogP contribution in [0.3, 0.4) is 0 Å². The summed E-state index contributed by atoms with van der Waals surface area (Å²) in [5, 5.41) is 12.0. The van der Waals surface area contributed by atoms with Crippen LogP contribution < -0.4 is 10.1 Å². The van der Waals surface area contributed by atoms with Gasteiger partial charge in [-0.3, -0.25) is 9.59 Å². The second-order valence-corrected chi connectivity index (χ2v) is 5.33. The maximum atomic E-state index is 12.5. The number of hydrogen-bond acceptors (Lipinski definition) is 4. The van der Waals surface area contributed by atoms with E-state index in [2.05, 4.69) is 5.32 Å². The van der Waals surface area contributed by atoms with Crippen molar-refractivity contribution in [3.05, 3.63) is 29.8 Å². The molecule has 1 fully saturated rings. The molecule has 2 N–H and O–H groups in total. The van der Waals surface area contributed by atoms with Crippen LogP contribution >= 0.6 is 0 Å². The summed E-state index contributed by atoms with van der Waals surface area (Å²) in [5.41, 5.74) is 0.553. The zero-order valence-electron chi connectivity index (χ0n) is 12.9. The highest BCUT2D eigenvalue weighted by molar-refractivity contribution is 5.95. The molecule has 0 aromatic heterocycles. The number of benzene rings is 1. The van der Waals surface area contributed by atoms with Gasteiger partial charge in [0, 0.05) is 38.2 Å². The molecule has 0 radical (unpaired) electrons. The lowest BCUT2D eigenvalue weighted by Gasteiger charge is -2.16. The Balaban J connectivity index is 2.08. The highest BCUT2D eigenvalue weighted by Crippen LogP contribution is 2.25. The predicted molar refractivity (Wildman–Crippen MR) is 81.6 cm³/mol. The first-order valence-corrected chi connectivity index (χ1v) is 7.45. The van der Waals surface area contributed by atoms with Gasteiger partial charge in [-0.1, -0.05) is 0 Å². The molecule has 120 valence electrons. The zero-order chi connectivity index (χ0) is 16.1. The quantitative estimate of drug-likeness (QED) is 0.831. The number of amides is 2. The van der Waals surface area contributed by atoms with E-state index >= 15 is 0 Å². The molecule has 1 aromatic carbocycles. The van der Waals surface area contributed by atoms with Crippen LogP contribution in [0.1, 0.15) is 17.3 Å². The first-order chi connectivity index (χ1) is 10.6. The summed E-state index contributed by atoms with van der Waals surface area (Å²) >= 11 is 0. The van der Waals surface area contributed by atoms with E-state index in [9.17, 15) is 14.7 Å². The van der Waals surface area contributed by atoms with Crippen LogP contribution in [0, 0.1) is 11.8 Å². The van der Waals surface area contributed by atoms with Crippen molar-refractivity contribution < 1.29 is 19.4 Å². The number of ether oxygens (including phenoxy) is 1. The summed E-state index contributed by atoms with van der Waals surface area (Å²) in [6.45, 7) is 3.09. The number of hydrogen-bond donors (Lipinski definition) is 2. The first kappa shape index (κ1) is 16.3. The normalized spacial score (nSPS) is 20.8. The maximum absolute atomic E-state index is 12.5. The number of aliphatic hydroxyl groups excluding tert-OH is 1. The average Bonchev–Trinajstić information content (AvgIpc) is 2.98. The minimum Gasteiger partial charge on any atom is -0.494 e. The summed E-state index contributed by atoms with van der Waals surface area (Å²) in [4.78, 5) is 26.0. The molecule has 1 heterocycles. The van der Waals surface area contributed by atoms with Crippen molar-refractivity contribution in [3.63, 3.8) is 0 Å². The van der Waals surface area contributed by atoms with Gasteiger partial charge in [0.1, 0.15) is 5.75 Å². The molecule has 2 rings (SSSR count). The van der Waals surface area contributed by atoms with Crippen LogP contribution in [-0.4, -0.2) is 55.2 Å². The molecule has 0 spiro atoms. The molecule has 0 saturated carbocycles. The van der Waals surface area contributed by atoms with E-state index in [1.807, 2.05) is 6.92 Å². The van der Waals surface area contributed by atoms with Gasteiger partial charge in [-0.2, -0.15) is 0 Å². The Kier molecular flexibility index (Phi) is 5.38. The smallest absolute Gasteiger partial charge is 0.253 e. The van der Waals surface area contributed by atoms with Crippen molar-refractivity contribution in [2.45, 2.75) is 6.92 Å². The fraction of sp³-hybridized carbons (Fsp3) is 0.500. The molecule has 1 saturated heterocycles. The van der Waals surface area contributed by atoms with Crippen LogP contribution in [0.5, 0.6) is 5.75 Å². The molecule has 2 atom stereocenters. The Hall–Kier alpha value is -2.08. The maximum Gasteiger partial charge on any atom is 0.253 e. The van der Waals surface area contributed by atoms with Gasteiger partial charge in [0.25, 0.3) is 5.91 Å². The van der Waals surface area contributed by atoms with Crippen molar-refractivity contribution in [2.75, 3.05) is 33.4 Å². The lowest BCUT2D eigenvalue weighted by molar-refractivity contribution is -0.125. The summed E-state index contributed by atoms with van der Waals surface area (Å²) in [6.07, 6.45) is 0. The molecule has 0 aliphatic carbocycles. The van der Waals surface area contributed by atoms with Gasteiger partial charge in [-0.15, -0.1) is 0 Å². The van der Waals surface area contributed by atoms with Gasteiger partial charge < -0.3 is 20.1 Å². The largest absolute Gasteiger partial charge is 0.494 e. The lowest BCUT2D eigenvalue weighted by atomic mass is 9.96. The number of carbonyl (C=O) groups is 2. The summed E-state index contributed by atoms with van der Waals surface area (Å²) < 4.78 is 5.35. The Labute approximate surface area is 130 Å². The fourth-order valence-electron chi connectivity index (χ4n) is 2.75. The molecule has 6 nitrogen and oxygen atoms in total. The van der Waals surface area contributed by atoms with E-state index < -0.39 is 0 Å². The minimum absolute atomic E-state index is 0.106. The molecule has 0 bridgehead atoms. The van der Waals surface area contributed by atoms with Crippen LogP contribution in [-0.2, 0) is 4.79 Å². The van der Waals surface area contributed by atoms with E-state index in [4.69, 9.17) is 4.74 Å². The Bertz CT molecular complexity index is 529. The number of nitrogens with one attached hydrogen (secondary N) is 1. The molecule has 1 aromatic rings. The van der Waals surface area contributed by atoms with Gasteiger partial charge in [0.05, 0.1) is 12.5 Å². The third kappa shape index (κ3) is 3.39. The minimum atomic E-state index is -0.360. The monoisotopic (exact) mass is 306 g/mol. The van der Waals surface area contributed by atoms with E-state index in [1.165, 1.54) is 0 Å². The van der Waals surface area contributed by atoms with Crippen molar-refractivity contribution in [3.8, 4) is 5.75 Å². The lowest BCUT2D eigenvalue weighted by Crippen LogP contribution is -2.34. The molecule has 6 heteroatoms. The zero-order valence-corrected chi connectivity index (χ0v) is 12.9. The molecular formula is C16H22N2O4. The topological polar surface area (TPSA) is 78.9 Å². The van der Waals surface area contributed by atoms with Gasteiger partial charge in [-0.05, 0) is 31.2 Å². The van der Waals surface area contributed by atoms with E-state index in [1.54, 1.807) is 36.2 Å². The second-order valence-electron chi connectivity index (χ2n) is 5.33. The van der Waals surface area contributed by atoms with E-state index in [0.29, 0.717) is 25.3 Å². The van der Waals surface area contributed by atoms with E-state index in [-0.39, 0.29) is 30.3 Å². The Morgan fingerprint density at radius 1 is 1.32 bits per heavy atom. The summed E-state index contributed by atoms with van der Waals surface area (Å²) in [6, 6.07) is 6.95. The van der Waals surface area contributed by atoms with Gasteiger partial charge in [-0.25, -0.2) is 0 Å². The number of rotatable bonds is 5. The molecule has 2 amide bonds. The molecule has 22 heavy (non-hydrogen) atoms. The fourth-order valence-corrected chi connectivity index (χ4v) is 2.75. The van der Waals surface area contributed by atoms with Gasteiger partial charge in [0.15, 0.2) is 0 Å². The number of aliphatic hydroxyl groups is 1. The van der Waals surface area contributed by atoms with Crippen LogP contribution in [0.15, 0.2) is 24.3 Å². The number of likely N-dealkylation sites (tertiary alicyclic amines) is 1. The third-order valence-electron chi connectivity index (χ3n) is 3.96. The Morgan fingerprint density at radius 3 is 2.55 bits per heavy atom. The van der Waals surface area contributed by atoms with Crippen molar-refractivity contribution in [1.82, 2.24) is 10.2 Å². The molecule has 0 unspecified atom stereocenters. The van der Waals surface area contributed by atoms with Crippen molar-refractivity contribution in [1.29, 1.82) is 0 Å². The molecule has 1 aliphatic rings. The third-order valence-corrected chi connectivity index (χ3v) is 3.96. The van der Waals surface area contributed by atoms with Crippen LogP contribution in [0.4, 0.5) is 0 Å². The number of nitrogens with zero attached hydrogens (tertiary/aromatic N) is 1. The SMILES string of the molecule is CCOc1ccc(C(=O)N2C[C@@H](CO)[C@H](C(=O)NC)C2)cc1. The molecular weight excluding hydrogens is 284 g/mol. The van der Waals surface area contributed by atoms with Crippen LogP contribution in [0.25, 0.3) is 0 Å². The van der Waals surface area contributed by atoms with Gasteiger partial charge in [0.2, 0.25) is 5.91 Å². The standard InChI is InChI=1S/C16H22N2O4/c1-3-22-13-6-4-11(5-7-13)16(21)18-8-12(10-19)14(9-18)15(20)17-2/h4-7,12,14,19H,3,8-10H2,1-2H3,(H,17,20)/t12-,14+/m0/s1. The van der Waals surface area contributed by atoms with Gasteiger partial charge >= 0.3 is 0 Å².